The van der Waals surface area contributed by atoms with Gasteiger partial charge in [-0.05, 0) is 44.9 Å². The van der Waals surface area contributed by atoms with E-state index in [9.17, 15) is 4.79 Å². The highest BCUT2D eigenvalue weighted by Gasteiger charge is 2.02. The molecule has 0 aromatic carbocycles. The normalized spacial score (nSPS) is 11.7. The molecule has 0 bridgehead atoms. The van der Waals surface area contributed by atoms with Crippen molar-refractivity contribution in [3.05, 3.63) is 24.3 Å². The summed E-state index contributed by atoms with van der Waals surface area (Å²) in [5.74, 6) is 0.00612. The molecule has 2 nitrogen and oxygen atoms in total. The maximum Gasteiger partial charge on any atom is 0.305 e. The van der Waals surface area contributed by atoms with E-state index in [1.54, 1.807) is 0 Å². The van der Waals surface area contributed by atoms with Crippen LogP contribution < -0.4 is 0 Å². The molecule has 0 amide bonds. The summed E-state index contributed by atoms with van der Waals surface area (Å²) in [7, 11) is 0. The zero-order valence-electron chi connectivity index (χ0n) is 21.9. The number of allylic oxidation sites excluding steroid dienone is 4. The minimum atomic E-state index is 0.00612. The maximum atomic E-state index is 11.8. The molecule has 0 heterocycles. The van der Waals surface area contributed by atoms with Crippen LogP contribution >= 0.6 is 0 Å². The molecule has 2 heteroatoms. The summed E-state index contributed by atoms with van der Waals surface area (Å²) in [5, 5.41) is 0. The van der Waals surface area contributed by atoms with E-state index in [4.69, 9.17) is 4.74 Å². The third-order valence-electron chi connectivity index (χ3n) is 6.09. The Morgan fingerprint density at radius 1 is 0.531 bits per heavy atom. The third-order valence-corrected chi connectivity index (χ3v) is 6.09. The van der Waals surface area contributed by atoms with Crippen molar-refractivity contribution >= 4 is 5.97 Å². The van der Waals surface area contributed by atoms with E-state index in [1.165, 1.54) is 109 Å². The first-order valence-corrected chi connectivity index (χ1v) is 14.3. The highest BCUT2D eigenvalue weighted by atomic mass is 16.5. The second-order valence-electron chi connectivity index (χ2n) is 9.38. The van der Waals surface area contributed by atoms with Crippen molar-refractivity contribution in [1.29, 1.82) is 0 Å². The average molecular weight is 449 g/mol. The van der Waals surface area contributed by atoms with E-state index >= 15 is 0 Å². The summed E-state index contributed by atoms with van der Waals surface area (Å²) in [6, 6.07) is 0. The number of carbonyl (C=O) groups excluding carboxylic acids is 1. The van der Waals surface area contributed by atoms with Crippen LogP contribution in [0.4, 0.5) is 0 Å². The quantitative estimate of drug-likeness (QED) is 0.0788. The van der Waals surface area contributed by atoms with E-state index in [0.717, 1.165) is 25.7 Å². The molecule has 0 aromatic heterocycles. The average Bonchev–Trinajstić information content (AvgIpc) is 2.80. The number of hydrogen-bond acceptors (Lipinski definition) is 2. The van der Waals surface area contributed by atoms with Gasteiger partial charge in [0.1, 0.15) is 0 Å². The molecule has 0 saturated heterocycles. The minimum absolute atomic E-state index is 0.00612. The molecule has 0 aliphatic rings. The van der Waals surface area contributed by atoms with Crippen LogP contribution in [0.1, 0.15) is 155 Å². The monoisotopic (exact) mass is 448 g/mol. The maximum absolute atomic E-state index is 11.8. The van der Waals surface area contributed by atoms with Crippen LogP contribution in [0.3, 0.4) is 0 Å². The fourth-order valence-electron chi connectivity index (χ4n) is 3.93. The van der Waals surface area contributed by atoms with Gasteiger partial charge in [-0.1, -0.05) is 128 Å². The lowest BCUT2D eigenvalue weighted by molar-refractivity contribution is -0.143. The summed E-state index contributed by atoms with van der Waals surface area (Å²) < 4.78 is 5.38. The van der Waals surface area contributed by atoms with Gasteiger partial charge < -0.3 is 4.74 Å². The lowest BCUT2D eigenvalue weighted by Crippen LogP contribution is -2.05. The van der Waals surface area contributed by atoms with Crippen molar-refractivity contribution in [3.8, 4) is 0 Å². The van der Waals surface area contributed by atoms with Crippen LogP contribution in [-0.4, -0.2) is 12.6 Å². The summed E-state index contributed by atoms with van der Waals surface area (Å²) >= 11 is 0. The van der Waals surface area contributed by atoms with Gasteiger partial charge in [-0.15, -0.1) is 0 Å². The topological polar surface area (TPSA) is 26.3 Å². The molecule has 0 fully saturated rings. The molecule has 0 aliphatic heterocycles. The van der Waals surface area contributed by atoms with Gasteiger partial charge in [-0.3, -0.25) is 4.79 Å². The summed E-state index contributed by atoms with van der Waals surface area (Å²) in [4.78, 5) is 11.8. The predicted molar refractivity (Wildman–Crippen MR) is 142 cm³/mol. The van der Waals surface area contributed by atoms with Crippen LogP contribution in [0.2, 0.25) is 0 Å². The number of rotatable bonds is 25. The van der Waals surface area contributed by atoms with Gasteiger partial charge in [-0.2, -0.15) is 0 Å². The van der Waals surface area contributed by atoms with E-state index in [2.05, 4.69) is 38.2 Å². The first-order valence-electron chi connectivity index (χ1n) is 14.3. The van der Waals surface area contributed by atoms with Gasteiger partial charge in [0.05, 0.1) is 6.61 Å². The smallest absolute Gasteiger partial charge is 0.305 e. The van der Waals surface area contributed by atoms with Crippen molar-refractivity contribution in [2.24, 2.45) is 0 Å². The van der Waals surface area contributed by atoms with Crippen LogP contribution in [0.25, 0.3) is 0 Å². The van der Waals surface area contributed by atoms with Crippen LogP contribution in [0.15, 0.2) is 24.3 Å². The Morgan fingerprint density at radius 2 is 0.969 bits per heavy atom. The Hall–Kier alpha value is -1.05. The van der Waals surface area contributed by atoms with E-state index in [0.29, 0.717) is 13.0 Å². The molecule has 0 saturated carbocycles. The van der Waals surface area contributed by atoms with Crippen LogP contribution in [0.5, 0.6) is 0 Å². The largest absolute Gasteiger partial charge is 0.466 e. The van der Waals surface area contributed by atoms with Crippen molar-refractivity contribution < 1.29 is 9.53 Å². The SMILES string of the molecule is CCCCC/C=C\C/C=C\CCCCCCCC(=O)OCCCCCCCCCCCC. The second-order valence-corrected chi connectivity index (χ2v) is 9.38. The zero-order chi connectivity index (χ0) is 23.4. The van der Waals surface area contributed by atoms with E-state index < -0.39 is 0 Å². The summed E-state index contributed by atoms with van der Waals surface area (Å²) in [6.07, 6.45) is 36.3. The molecule has 0 unspecified atom stereocenters. The zero-order valence-corrected chi connectivity index (χ0v) is 21.9. The molecule has 32 heavy (non-hydrogen) atoms. The highest BCUT2D eigenvalue weighted by Crippen LogP contribution is 2.11. The number of ether oxygens (including phenoxy) is 1. The Labute approximate surface area is 201 Å². The molecule has 0 aliphatic carbocycles. The molecular formula is C30H56O2. The molecular weight excluding hydrogens is 392 g/mol. The summed E-state index contributed by atoms with van der Waals surface area (Å²) in [6.45, 7) is 5.14. The molecule has 0 N–H and O–H groups in total. The number of hydrogen-bond donors (Lipinski definition) is 0. The molecule has 188 valence electrons. The van der Waals surface area contributed by atoms with E-state index in [1.807, 2.05) is 0 Å². The lowest BCUT2D eigenvalue weighted by Gasteiger charge is -2.05. The Balaban J connectivity index is 3.24. The summed E-state index contributed by atoms with van der Waals surface area (Å²) in [5.41, 5.74) is 0. The number of unbranched alkanes of at least 4 members (excludes halogenated alkanes) is 17. The standard InChI is InChI=1S/C30H56O2/c1-3-5-7-9-11-13-15-16-17-18-19-20-22-24-26-28-30(31)32-29-27-25-23-21-14-12-10-8-6-4-2/h11,13,16-17H,3-10,12,14-15,18-29H2,1-2H3/b13-11-,17-16-. The number of esters is 1. The van der Waals surface area contributed by atoms with Gasteiger partial charge in [0, 0.05) is 6.42 Å². The van der Waals surface area contributed by atoms with Crippen LogP contribution in [-0.2, 0) is 9.53 Å². The second kappa shape index (κ2) is 28.0. The fraction of sp³-hybridized carbons (Fsp3) is 0.833. The predicted octanol–water partition coefficient (Wildman–Crippen LogP) is 10.3. The molecule has 0 radical (unpaired) electrons. The number of carbonyl (C=O) groups is 1. The van der Waals surface area contributed by atoms with E-state index in [-0.39, 0.29) is 5.97 Å². The molecule has 0 aromatic rings. The highest BCUT2D eigenvalue weighted by molar-refractivity contribution is 5.69. The Morgan fingerprint density at radius 3 is 1.56 bits per heavy atom. The van der Waals surface area contributed by atoms with Gasteiger partial charge >= 0.3 is 5.97 Å². The molecule has 0 rings (SSSR count). The van der Waals surface area contributed by atoms with Crippen molar-refractivity contribution in [1.82, 2.24) is 0 Å². The molecule has 0 spiro atoms. The Kier molecular flexibility index (Phi) is 27.1. The molecule has 0 atom stereocenters. The van der Waals surface area contributed by atoms with Crippen molar-refractivity contribution in [2.45, 2.75) is 155 Å². The van der Waals surface area contributed by atoms with Gasteiger partial charge in [0.2, 0.25) is 0 Å². The van der Waals surface area contributed by atoms with Crippen molar-refractivity contribution in [3.63, 3.8) is 0 Å². The fourth-order valence-corrected chi connectivity index (χ4v) is 3.93. The third kappa shape index (κ3) is 27.0. The Bertz CT molecular complexity index is 425. The lowest BCUT2D eigenvalue weighted by atomic mass is 10.1. The van der Waals surface area contributed by atoms with Gasteiger partial charge in [-0.25, -0.2) is 0 Å². The minimum Gasteiger partial charge on any atom is -0.466 e. The first-order chi connectivity index (χ1) is 15.8. The van der Waals surface area contributed by atoms with Gasteiger partial charge in [0.25, 0.3) is 0 Å². The van der Waals surface area contributed by atoms with Crippen LogP contribution in [0, 0.1) is 0 Å². The van der Waals surface area contributed by atoms with Crippen molar-refractivity contribution in [2.75, 3.05) is 6.61 Å². The van der Waals surface area contributed by atoms with Gasteiger partial charge in [0.15, 0.2) is 0 Å². The first kappa shape index (κ1) is 30.9.